The molecule has 0 aliphatic rings. The van der Waals surface area contributed by atoms with Crippen molar-refractivity contribution in [2.45, 2.75) is 6.92 Å². The third-order valence-corrected chi connectivity index (χ3v) is 1.19. The van der Waals surface area contributed by atoms with Crippen LogP contribution < -0.4 is 0 Å². The normalized spacial score (nSPS) is 9.42. The fourth-order valence-electron chi connectivity index (χ4n) is 0.677. The molecule has 0 aromatic carbocycles. The summed E-state index contributed by atoms with van der Waals surface area (Å²) in [6.45, 7) is 1.83. The standard InChI is InChI=1S/C7H8N2O3/c1-2-12-7(11)6(10)9-4-3-8-5-9/h3-5H,2H2,1H3. The molecule has 64 valence electrons. The van der Waals surface area contributed by atoms with Crippen molar-refractivity contribution in [3.05, 3.63) is 18.7 Å². The van der Waals surface area contributed by atoms with Gasteiger partial charge in [-0.05, 0) is 6.92 Å². The molecule has 1 heterocycles. The van der Waals surface area contributed by atoms with Gasteiger partial charge in [-0.2, -0.15) is 0 Å². The minimum absolute atomic E-state index is 0.194. The quantitative estimate of drug-likeness (QED) is 0.440. The fraction of sp³-hybridized carbons (Fsp3) is 0.286. The molecule has 0 amide bonds. The Morgan fingerprint density at radius 1 is 1.58 bits per heavy atom. The highest BCUT2D eigenvalue weighted by Crippen LogP contribution is 1.88. The Labute approximate surface area is 69.0 Å². The highest BCUT2D eigenvalue weighted by atomic mass is 16.5. The summed E-state index contributed by atoms with van der Waals surface area (Å²) < 4.78 is 5.56. The molecule has 12 heavy (non-hydrogen) atoms. The third kappa shape index (κ3) is 1.69. The summed E-state index contributed by atoms with van der Waals surface area (Å²) in [6.07, 6.45) is 4.05. The molecule has 0 aliphatic heterocycles. The monoisotopic (exact) mass is 168 g/mol. The molecule has 0 fully saturated rings. The topological polar surface area (TPSA) is 61.2 Å². The van der Waals surface area contributed by atoms with E-state index in [1.54, 1.807) is 6.92 Å². The average molecular weight is 168 g/mol. The van der Waals surface area contributed by atoms with Crippen LogP contribution in [-0.2, 0) is 9.53 Å². The second-order valence-corrected chi connectivity index (χ2v) is 2.00. The van der Waals surface area contributed by atoms with Crippen molar-refractivity contribution in [2.75, 3.05) is 6.61 Å². The van der Waals surface area contributed by atoms with Crippen molar-refractivity contribution in [1.29, 1.82) is 0 Å². The molecule has 0 bridgehead atoms. The van der Waals surface area contributed by atoms with E-state index in [2.05, 4.69) is 9.72 Å². The van der Waals surface area contributed by atoms with Gasteiger partial charge < -0.3 is 4.74 Å². The Bertz CT molecular complexity index is 279. The second kappa shape index (κ2) is 3.66. The molecule has 0 atom stereocenters. The van der Waals surface area contributed by atoms with Gasteiger partial charge in [0.25, 0.3) is 0 Å². The van der Waals surface area contributed by atoms with Crippen molar-refractivity contribution >= 4 is 11.9 Å². The van der Waals surface area contributed by atoms with E-state index in [4.69, 9.17) is 0 Å². The van der Waals surface area contributed by atoms with E-state index in [1.807, 2.05) is 0 Å². The predicted octanol–water partition coefficient (Wildman–Crippen LogP) is 0.0864. The van der Waals surface area contributed by atoms with Crippen molar-refractivity contribution < 1.29 is 14.3 Å². The number of imidazole rings is 1. The summed E-state index contributed by atoms with van der Waals surface area (Å²) in [5.74, 6) is -1.59. The van der Waals surface area contributed by atoms with Gasteiger partial charge in [0.05, 0.1) is 6.61 Å². The molecule has 0 spiro atoms. The summed E-state index contributed by atoms with van der Waals surface area (Å²) in [6, 6.07) is 0. The lowest BCUT2D eigenvalue weighted by Gasteiger charge is -1.99. The highest BCUT2D eigenvalue weighted by molar-refractivity contribution is 6.33. The van der Waals surface area contributed by atoms with E-state index >= 15 is 0 Å². The minimum Gasteiger partial charge on any atom is -0.459 e. The number of ether oxygens (including phenoxy) is 1. The van der Waals surface area contributed by atoms with Crippen molar-refractivity contribution in [1.82, 2.24) is 9.55 Å². The molecule has 0 saturated carbocycles. The van der Waals surface area contributed by atoms with E-state index in [0.29, 0.717) is 0 Å². The lowest BCUT2D eigenvalue weighted by Crippen LogP contribution is -2.22. The van der Waals surface area contributed by atoms with Crippen LogP contribution in [0.1, 0.15) is 11.7 Å². The van der Waals surface area contributed by atoms with Gasteiger partial charge in [-0.1, -0.05) is 0 Å². The first-order chi connectivity index (χ1) is 5.75. The Balaban J connectivity index is 2.66. The third-order valence-electron chi connectivity index (χ3n) is 1.19. The maximum Gasteiger partial charge on any atom is 0.397 e. The fourth-order valence-corrected chi connectivity index (χ4v) is 0.677. The van der Waals surface area contributed by atoms with Crippen LogP contribution in [0, 0.1) is 0 Å². The Morgan fingerprint density at radius 2 is 2.33 bits per heavy atom. The molecule has 1 aromatic rings. The van der Waals surface area contributed by atoms with E-state index in [9.17, 15) is 9.59 Å². The Hall–Kier alpha value is -1.65. The smallest absolute Gasteiger partial charge is 0.397 e. The van der Waals surface area contributed by atoms with Crippen LogP contribution in [0.15, 0.2) is 18.7 Å². The zero-order chi connectivity index (χ0) is 8.97. The van der Waals surface area contributed by atoms with E-state index < -0.39 is 11.9 Å². The predicted molar refractivity (Wildman–Crippen MR) is 39.5 cm³/mol. The van der Waals surface area contributed by atoms with Crippen LogP contribution in [0.5, 0.6) is 0 Å². The number of aromatic nitrogens is 2. The molecule has 0 unspecified atom stereocenters. The summed E-state index contributed by atoms with van der Waals surface area (Å²) in [7, 11) is 0. The van der Waals surface area contributed by atoms with Gasteiger partial charge in [0.15, 0.2) is 0 Å². The lowest BCUT2D eigenvalue weighted by molar-refractivity contribution is -0.138. The summed E-state index contributed by atoms with van der Waals surface area (Å²) in [5.41, 5.74) is 0. The number of hydrogen-bond donors (Lipinski definition) is 0. The van der Waals surface area contributed by atoms with Crippen LogP contribution in [-0.4, -0.2) is 28.0 Å². The van der Waals surface area contributed by atoms with Crippen molar-refractivity contribution in [3.8, 4) is 0 Å². The van der Waals surface area contributed by atoms with Gasteiger partial charge in [0.1, 0.15) is 6.33 Å². The number of carbonyl (C=O) groups is 2. The number of carbonyl (C=O) groups excluding carboxylic acids is 2. The molecular formula is C7H8N2O3. The van der Waals surface area contributed by atoms with Gasteiger partial charge in [0, 0.05) is 12.4 Å². The van der Waals surface area contributed by atoms with E-state index in [-0.39, 0.29) is 6.61 Å². The number of hydrogen-bond acceptors (Lipinski definition) is 4. The molecule has 5 heteroatoms. The van der Waals surface area contributed by atoms with Crippen molar-refractivity contribution in [2.24, 2.45) is 0 Å². The van der Waals surface area contributed by atoms with Crippen LogP contribution in [0.2, 0.25) is 0 Å². The first-order valence-electron chi connectivity index (χ1n) is 3.45. The van der Waals surface area contributed by atoms with Gasteiger partial charge >= 0.3 is 11.9 Å². The Kier molecular flexibility index (Phi) is 2.57. The van der Waals surface area contributed by atoms with Crippen LogP contribution >= 0.6 is 0 Å². The molecule has 0 radical (unpaired) electrons. The SMILES string of the molecule is CCOC(=O)C(=O)n1ccnc1. The Morgan fingerprint density at radius 3 is 2.83 bits per heavy atom. The first-order valence-corrected chi connectivity index (χ1v) is 3.45. The zero-order valence-corrected chi connectivity index (χ0v) is 6.56. The number of rotatable bonds is 1. The van der Waals surface area contributed by atoms with Gasteiger partial charge in [-0.3, -0.25) is 9.36 Å². The maximum atomic E-state index is 11.0. The van der Waals surface area contributed by atoms with Crippen molar-refractivity contribution in [3.63, 3.8) is 0 Å². The van der Waals surface area contributed by atoms with Gasteiger partial charge in [0.2, 0.25) is 0 Å². The number of nitrogens with zero attached hydrogens (tertiary/aromatic N) is 2. The molecule has 1 aromatic heterocycles. The van der Waals surface area contributed by atoms with E-state index in [1.165, 1.54) is 18.7 Å². The molecule has 5 nitrogen and oxygen atoms in total. The lowest BCUT2D eigenvalue weighted by atomic mass is 10.6. The summed E-state index contributed by atoms with van der Waals surface area (Å²) in [4.78, 5) is 25.5. The largest absolute Gasteiger partial charge is 0.459 e. The van der Waals surface area contributed by atoms with Crippen LogP contribution in [0.4, 0.5) is 0 Å². The molecule has 0 aliphatic carbocycles. The second-order valence-electron chi connectivity index (χ2n) is 2.00. The molecule has 0 N–H and O–H groups in total. The maximum absolute atomic E-state index is 11.0. The molecular weight excluding hydrogens is 160 g/mol. The number of esters is 1. The van der Waals surface area contributed by atoms with Gasteiger partial charge in [-0.25, -0.2) is 9.78 Å². The zero-order valence-electron chi connectivity index (χ0n) is 6.56. The van der Waals surface area contributed by atoms with Crippen LogP contribution in [0.3, 0.4) is 0 Å². The summed E-state index contributed by atoms with van der Waals surface area (Å²) in [5, 5.41) is 0. The first kappa shape index (κ1) is 8.45. The van der Waals surface area contributed by atoms with E-state index in [0.717, 1.165) is 4.57 Å². The molecule has 0 saturated heterocycles. The van der Waals surface area contributed by atoms with Gasteiger partial charge in [-0.15, -0.1) is 0 Å². The summed E-state index contributed by atoms with van der Waals surface area (Å²) >= 11 is 0. The minimum atomic E-state index is -0.865. The highest BCUT2D eigenvalue weighted by Gasteiger charge is 2.15. The molecule has 1 rings (SSSR count). The van der Waals surface area contributed by atoms with Crippen LogP contribution in [0.25, 0.3) is 0 Å². The average Bonchev–Trinajstić information content (AvgIpc) is 2.55.